The Balaban J connectivity index is 3.46. The van der Waals surface area contributed by atoms with Crippen LogP contribution in [-0.2, 0) is 9.63 Å². The Kier molecular flexibility index (Phi) is 3.09. The first-order chi connectivity index (χ1) is 3.72. The summed E-state index contributed by atoms with van der Waals surface area (Å²) >= 11 is 0. The predicted octanol–water partition coefficient (Wildman–Crippen LogP) is -2.09. The quantitative estimate of drug-likeness (QED) is 0.286. The normalized spacial score (nSPS) is 12.9. The summed E-state index contributed by atoms with van der Waals surface area (Å²) in [5.41, 5.74) is 5.06. The Labute approximate surface area is 46.9 Å². The van der Waals surface area contributed by atoms with E-state index in [4.69, 9.17) is 5.73 Å². The Morgan fingerprint density at radius 2 is 2.38 bits per heavy atom. The molecule has 8 heavy (non-hydrogen) atoms. The van der Waals surface area contributed by atoms with Gasteiger partial charge in [-0.05, 0) is 7.05 Å². The van der Waals surface area contributed by atoms with Crippen LogP contribution in [0.3, 0.4) is 0 Å². The van der Waals surface area contributed by atoms with Gasteiger partial charge in [0.25, 0.3) is 0 Å². The monoisotopic (exact) mass is 119 g/mol. The maximum Gasteiger partial charge on any atom is 0.356 e. The standard InChI is InChI=1S/C3H9N3O2/c1-6-2(4)3(7)8-5/h2,6H,4-5H2,1H3. The average Bonchev–Trinajstić information content (AvgIpc) is 1.84. The Morgan fingerprint density at radius 1 is 1.88 bits per heavy atom. The summed E-state index contributed by atoms with van der Waals surface area (Å²) in [6, 6.07) is 0. The van der Waals surface area contributed by atoms with Crippen LogP contribution in [0.2, 0.25) is 0 Å². The lowest BCUT2D eigenvalue weighted by molar-refractivity contribution is -0.146. The second kappa shape index (κ2) is 3.36. The maximum absolute atomic E-state index is 10.2. The molecule has 0 aromatic carbocycles. The molecule has 1 unspecified atom stereocenters. The zero-order valence-electron chi connectivity index (χ0n) is 4.55. The number of nitrogens with one attached hydrogen (secondary N) is 1. The first-order valence-electron chi connectivity index (χ1n) is 2.05. The fraction of sp³-hybridized carbons (Fsp3) is 0.667. The van der Waals surface area contributed by atoms with Crippen LogP contribution in [0, 0.1) is 0 Å². The van der Waals surface area contributed by atoms with Crippen LogP contribution < -0.4 is 16.9 Å². The van der Waals surface area contributed by atoms with Gasteiger partial charge in [0.1, 0.15) is 0 Å². The van der Waals surface area contributed by atoms with Gasteiger partial charge in [-0.15, -0.1) is 0 Å². The largest absolute Gasteiger partial charge is 0.371 e. The van der Waals surface area contributed by atoms with Gasteiger partial charge in [0.05, 0.1) is 0 Å². The van der Waals surface area contributed by atoms with Crippen molar-refractivity contribution in [2.24, 2.45) is 11.6 Å². The molecule has 0 aliphatic carbocycles. The Morgan fingerprint density at radius 3 is 2.50 bits per heavy atom. The number of rotatable bonds is 2. The van der Waals surface area contributed by atoms with Crippen molar-refractivity contribution in [3.63, 3.8) is 0 Å². The zero-order chi connectivity index (χ0) is 6.57. The van der Waals surface area contributed by atoms with Gasteiger partial charge in [-0.2, -0.15) is 5.90 Å². The summed E-state index contributed by atoms with van der Waals surface area (Å²) in [7, 11) is 1.53. The van der Waals surface area contributed by atoms with E-state index in [2.05, 4.69) is 16.1 Å². The summed E-state index contributed by atoms with van der Waals surface area (Å²) in [5.74, 6) is 3.81. The van der Waals surface area contributed by atoms with Crippen molar-refractivity contribution < 1.29 is 9.63 Å². The minimum atomic E-state index is -0.819. The highest BCUT2D eigenvalue weighted by Gasteiger charge is 2.09. The van der Waals surface area contributed by atoms with Gasteiger partial charge in [0, 0.05) is 0 Å². The van der Waals surface area contributed by atoms with Gasteiger partial charge in [0.2, 0.25) is 0 Å². The van der Waals surface area contributed by atoms with E-state index in [9.17, 15) is 4.79 Å². The summed E-state index contributed by atoms with van der Waals surface area (Å²) in [6.45, 7) is 0. The number of nitrogens with two attached hydrogens (primary N) is 2. The third-order valence-electron chi connectivity index (χ3n) is 0.681. The second-order valence-electron chi connectivity index (χ2n) is 1.20. The Hall–Kier alpha value is -0.650. The maximum atomic E-state index is 10.2. The lowest BCUT2D eigenvalue weighted by atomic mass is 10.5. The molecule has 0 amide bonds. The number of hydrogen-bond donors (Lipinski definition) is 3. The lowest BCUT2D eigenvalue weighted by Crippen LogP contribution is -2.44. The van der Waals surface area contributed by atoms with Crippen molar-refractivity contribution in [1.29, 1.82) is 0 Å². The molecule has 5 heteroatoms. The van der Waals surface area contributed by atoms with Gasteiger partial charge in [-0.25, -0.2) is 4.79 Å². The van der Waals surface area contributed by atoms with Crippen molar-refractivity contribution in [2.75, 3.05) is 7.05 Å². The van der Waals surface area contributed by atoms with Crippen molar-refractivity contribution in [3.05, 3.63) is 0 Å². The molecule has 0 radical (unpaired) electrons. The number of hydrogen-bond acceptors (Lipinski definition) is 5. The number of likely N-dealkylation sites (N-methyl/N-ethyl adjacent to an activating group) is 1. The molecule has 0 heterocycles. The van der Waals surface area contributed by atoms with Crippen LogP contribution in [0.15, 0.2) is 0 Å². The molecule has 0 saturated carbocycles. The average molecular weight is 119 g/mol. The molecule has 0 aliphatic rings. The number of carbonyl (C=O) groups excluding carboxylic acids is 1. The van der Waals surface area contributed by atoms with E-state index in [1.54, 1.807) is 0 Å². The fourth-order valence-corrected chi connectivity index (χ4v) is 0.191. The minimum Gasteiger partial charge on any atom is -0.371 e. The van der Waals surface area contributed by atoms with E-state index in [-0.39, 0.29) is 0 Å². The molecule has 48 valence electrons. The van der Waals surface area contributed by atoms with Crippen LogP contribution in [0.4, 0.5) is 0 Å². The van der Waals surface area contributed by atoms with Gasteiger partial charge < -0.3 is 10.6 Å². The van der Waals surface area contributed by atoms with E-state index in [0.29, 0.717) is 0 Å². The molecule has 0 spiro atoms. The predicted molar refractivity (Wildman–Crippen MR) is 27.3 cm³/mol. The molecule has 0 rings (SSSR count). The van der Waals surface area contributed by atoms with Crippen molar-refractivity contribution in [1.82, 2.24) is 5.32 Å². The molecule has 0 aliphatic heterocycles. The van der Waals surface area contributed by atoms with Gasteiger partial charge in [-0.1, -0.05) is 0 Å². The lowest BCUT2D eigenvalue weighted by Gasteiger charge is -2.04. The molecule has 0 bridgehead atoms. The van der Waals surface area contributed by atoms with Crippen molar-refractivity contribution in [2.45, 2.75) is 6.17 Å². The van der Waals surface area contributed by atoms with Crippen molar-refractivity contribution >= 4 is 5.97 Å². The van der Waals surface area contributed by atoms with Crippen LogP contribution >= 0.6 is 0 Å². The SMILES string of the molecule is CNC(N)C(=O)ON. The van der Waals surface area contributed by atoms with Gasteiger partial charge >= 0.3 is 5.97 Å². The molecule has 0 fully saturated rings. The van der Waals surface area contributed by atoms with E-state index >= 15 is 0 Å². The van der Waals surface area contributed by atoms with E-state index < -0.39 is 12.1 Å². The van der Waals surface area contributed by atoms with Crippen LogP contribution in [0.1, 0.15) is 0 Å². The zero-order valence-corrected chi connectivity index (χ0v) is 4.55. The smallest absolute Gasteiger partial charge is 0.356 e. The number of carbonyl (C=O) groups is 1. The molecule has 5 N–H and O–H groups in total. The third kappa shape index (κ3) is 1.87. The summed E-state index contributed by atoms with van der Waals surface area (Å²) in [6.07, 6.45) is -0.819. The summed E-state index contributed by atoms with van der Waals surface area (Å²) in [5, 5.41) is 2.44. The third-order valence-corrected chi connectivity index (χ3v) is 0.681. The Bertz CT molecular complexity index is 84.6. The van der Waals surface area contributed by atoms with Crippen molar-refractivity contribution in [3.8, 4) is 0 Å². The molecular formula is C3H9N3O2. The van der Waals surface area contributed by atoms with E-state index in [1.165, 1.54) is 7.05 Å². The van der Waals surface area contributed by atoms with E-state index in [0.717, 1.165) is 0 Å². The van der Waals surface area contributed by atoms with Crippen LogP contribution in [0.25, 0.3) is 0 Å². The highest BCUT2D eigenvalue weighted by molar-refractivity contribution is 5.74. The highest BCUT2D eigenvalue weighted by Crippen LogP contribution is 1.70. The molecule has 0 saturated heterocycles. The van der Waals surface area contributed by atoms with Gasteiger partial charge in [0.15, 0.2) is 6.17 Å². The van der Waals surface area contributed by atoms with Gasteiger partial charge in [-0.3, -0.25) is 5.32 Å². The first-order valence-corrected chi connectivity index (χ1v) is 2.05. The first kappa shape index (κ1) is 7.35. The molecule has 5 nitrogen and oxygen atoms in total. The molecule has 0 aromatic heterocycles. The molecule has 1 atom stereocenters. The van der Waals surface area contributed by atoms with Crippen LogP contribution in [-0.4, -0.2) is 19.2 Å². The van der Waals surface area contributed by atoms with E-state index in [1.807, 2.05) is 0 Å². The van der Waals surface area contributed by atoms with Crippen LogP contribution in [0.5, 0.6) is 0 Å². The highest BCUT2D eigenvalue weighted by atomic mass is 16.7. The summed E-state index contributed by atoms with van der Waals surface area (Å²) < 4.78 is 0. The topological polar surface area (TPSA) is 90.4 Å². The molecule has 0 aromatic rings. The summed E-state index contributed by atoms with van der Waals surface area (Å²) in [4.78, 5) is 14.0. The minimum absolute atomic E-state index is 0.674. The molecular weight excluding hydrogens is 110 g/mol. The fourth-order valence-electron chi connectivity index (χ4n) is 0.191. The second-order valence-corrected chi connectivity index (χ2v) is 1.20.